The quantitative estimate of drug-likeness (QED) is 0.502. The minimum atomic E-state index is -2.47. The van der Waals surface area contributed by atoms with Crippen LogP contribution in [-0.2, 0) is 5.54 Å². The minimum Gasteiger partial charge on any atom is -0.386 e. The van der Waals surface area contributed by atoms with Crippen molar-refractivity contribution in [1.82, 2.24) is 14.7 Å². The number of anilines is 1. The van der Waals surface area contributed by atoms with Gasteiger partial charge in [0.25, 0.3) is 5.91 Å². The van der Waals surface area contributed by atoms with Gasteiger partial charge in [-0.15, -0.1) is 0 Å². The maximum atomic E-state index is 15.0. The average Bonchev–Trinajstić information content (AvgIpc) is 3.13. The molecule has 4 rings (SSSR count). The number of nitrogens with zero attached hydrogens (tertiary/aromatic N) is 3. The number of nitrogens with one attached hydrogen (secondary N) is 2. The third-order valence-electron chi connectivity index (χ3n) is 6.10. The van der Waals surface area contributed by atoms with Crippen molar-refractivity contribution in [1.29, 1.82) is 0 Å². The van der Waals surface area contributed by atoms with E-state index >= 15 is 4.39 Å². The number of fused-ring (bicyclic) bond motifs is 1. The second-order valence-corrected chi connectivity index (χ2v) is 12.4. The van der Waals surface area contributed by atoms with Gasteiger partial charge in [0.15, 0.2) is 0 Å². The Morgan fingerprint density at radius 3 is 2.78 bits per heavy atom. The van der Waals surface area contributed by atoms with Gasteiger partial charge < -0.3 is 15.6 Å². The van der Waals surface area contributed by atoms with Crippen LogP contribution in [0.3, 0.4) is 0 Å². The number of nitrogens with two attached hydrogens (primary N) is 1. The maximum Gasteiger partial charge on any atom is 0.276 e. The fourth-order valence-corrected chi connectivity index (χ4v) is 8.03. The Balaban J connectivity index is 1.74. The molecule has 0 aromatic carbocycles. The Morgan fingerprint density at radius 1 is 1.38 bits per heavy atom. The van der Waals surface area contributed by atoms with Crippen molar-refractivity contribution in [3.63, 3.8) is 0 Å². The molecule has 2 aliphatic rings. The molecule has 0 saturated carbocycles. The van der Waals surface area contributed by atoms with E-state index < -0.39 is 37.8 Å². The largest absolute Gasteiger partial charge is 0.386 e. The van der Waals surface area contributed by atoms with E-state index in [2.05, 4.69) is 25.0 Å². The zero-order valence-corrected chi connectivity index (χ0v) is 19.9. The lowest BCUT2D eigenvalue weighted by Crippen LogP contribution is -2.57. The number of hydrogen-bond acceptors (Lipinski definition) is 7. The minimum absolute atomic E-state index is 0.0106. The number of aliphatic imine (C=N–C) groups is 1. The van der Waals surface area contributed by atoms with Crippen molar-refractivity contribution >= 4 is 51.3 Å². The number of carbonyl (C=O) groups excluding carboxylic acids is 1. The van der Waals surface area contributed by atoms with Crippen molar-refractivity contribution in [2.45, 2.75) is 42.7 Å². The fourth-order valence-electron chi connectivity index (χ4n) is 4.21. The summed E-state index contributed by atoms with van der Waals surface area (Å²) >= 11 is 11.9. The summed E-state index contributed by atoms with van der Waals surface area (Å²) in [4.78, 5) is 25.6. The predicted octanol–water partition coefficient (Wildman–Crippen LogP) is 4.09. The summed E-state index contributed by atoms with van der Waals surface area (Å²) < 4.78 is 29.0. The molecule has 1 saturated heterocycles. The predicted molar refractivity (Wildman–Crippen MR) is 126 cm³/mol. The molecule has 3 atom stereocenters. The van der Waals surface area contributed by atoms with Gasteiger partial charge in [0.2, 0.25) is 0 Å². The summed E-state index contributed by atoms with van der Waals surface area (Å²) in [5, 5.41) is 2.52. The van der Waals surface area contributed by atoms with Crippen molar-refractivity contribution < 1.29 is 13.7 Å². The first kappa shape index (κ1) is 23.2. The summed E-state index contributed by atoms with van der Waals surface area (Å²) in [5.74, 6) is -0.933. The molecule has 0 spiro atoms. The van der Waals surface area contributed by atoms with Gasteiger partial charge in [0.1, 0.15) is 34.4 Å². The van der Waals surface area contributed by atoms with E-state index in [1.165, 1.54) is 24.4 Å². The Bertz CT molecular complexity index is 1150. The van der Waals surface area contributed by atoms with Gasteiger partial charge in [-0.2, -0.15) is 0 Å². The van der Waals surface area contributed by atoms with E-state index in [0.29, 0.717) is 13.0 Å². The van der Waals surface area contributed by atoms with E-state index in [0.717, 1.165) is 0 Å². The van der Waals surface area contributed by atoms with E-state index in [9.17, 15) is 9.35 Å². The van der Waals surface area contributed by atoms with Crippen LogP contribution >= 0.6 is 33.7 Å². The van der Waals surface area contributed by atoms with Crippen LogP contribution in [0.5, 0.6) is 0 Å². The van der Waals surface area contributed by atoms with Crippen LogP contribution in [0, 0.1) is 5.82 Å². The molecule has 0 aliphatic carbocycles. The normalized spacial score (nSPS) is 30.7. The Labute approximate surface area is 196 Å². The second-order valence-electron chi connectivity index (χ2n) is 8.42. The molecule has 12 heteroatoms. The molecule has 1 fully saturated rings. The molecule has 0 bridgehead atoms. The molecule has 0 radical (unpaired) electrons. The number of aromatic nitrogens is 2. The molecule has 5 N–H and O–H groups in total. The summed E-state index contributed by atoms with van der Waals surface area (Å²) in [6, 6.07) is 3.92. The summed E-state index contributed by atoms with van der Waals surface area (Å²) in [7, 11) is -2.47. The van der Waals surface area contributed by atoms with Crippen LogP contribution < -0.4 is 15.8 Å². The summed E-state index contributed by atoms with van der Waals surface area (Å²) in [6.45, 7) is 5.92. The number of amides is 1. The lowest BCUT2D eigenvalue weighted by molar-refractivity contribution is 0.102. The molecule has 8 nitrogen and oxygen atoms in total. The van der Waals surface area contributed by atoms with E-state index in [4.69, 9.17) is 28.9 Å². The highest BCUT2D eigenvalue weighted by Crippen LogP contribution is 2.67. The standard InChI is InChI=1S/C20H23Cl2FN6O2S/c1-19(2)18(24)29-20(3,13-6-7-26-32(13,19)31)16-12(23)4-5-14(27-16)28-17(30)15-11(22)8-10(21)9-25-15/h4-5,8-9,13,26,31H,6-7H2,1-3H3,(H2,24,29)(H,27,28,30)/t13-,20-/m0/s1. The average molecular weight is 501 g/mol. The number of rotatable bonds is 3. The molecule has 2 aliphatic heterocycles. The third kappa shape index (κ3) is 3.45. The highest BCUT2D eigenvalue weighted by molar-refractivity contribution is 8.29. The van der Waals surface area contributed by atoms with Crippen molar-refractivity contribution in [2.75, 3.05) is 11.9 Å². The van der Waals surface area contributed by atoms with Crippen LogP contribution in [0.15, 0.2) is 29.4 Å². The maximum absolute atomic E-state index is 15.0. The first-order chi connectivity index (χ1) is 14.9. The second kappa shape index (κ2) is 7.81. The van der Waals surface area contributed by atoms with E-state index in [1.807, 2.05) is 13.8 Å². The number of halogens is 3. The lowest BCUT2D eigenvalue weighted by Gasteiger charge is -2.55. The Kier molecular flexibility index (Phi) is 5.66. The van der Waals surface area contributed by atoms with Crippen LogP contribution in [0.1, 0.15) is 43.4 Å². The van der Waals surface area contributed by atoms with E-state index in [-0.39, 0.29) is 33.1 Å². The molecule has 1 amide bonds. The lowest BCUT2D eigenvalue weighted by atomic mass is 9.90. The molecule has 2 aromatic heterocycles. The van der Waals surface area contributed by atoms with E-state index in [1.54, 1.807) is 6.92 Å². The van der Waals surface area contributed by atoms with Crippen LogP contribution in [-0.4, -0.2) is 42.8 Å². The highest BCUT2D eigenvalue weighted by atomic mass is 35.5. The molecular weight excluding hydrogens is 478 g/mol. The van der Waals surface area contributed by atoms with Gasteiger partial charge in [-0.1, -0.05) is 33.7 Å². The van der Waals surface area contributed by atoms with Gasteiger partial charge in [-0.05, 0) is 45.4 Å². The van der Waals surface area contributed by atoms with Crippen molar-refractivity contribution in [3.8, 4) is 0 Å². The molecule has 1 unspecified atom stereocenters. The first-order valence-corrected chi connectivity index (χ1v) is 12.2. The molecule has 32 heavy (non-hydrogen) atoms. The van der Waals surface area contributed by atoms with Crippen molar-refractivity contribution in [2.24, 2.45) is 10.7 Å². The van der Waals surface area contributed by atoms with Gasteiger partial charge >= 0.3 is 0 Å². The van der Waals surface area contributed by atoms with Crippen LogP contribution in [0.25, 0.3) is 0 Å². The van der Waals surface area contributed by atoms with Gasteiger partial charge in [-0.3, -0.25) is 14.5 Å². The third-order valence-corrected chi connectivity index (χ3v) is 10.5. The monoisotopic (exact) mass is 500 g/mol. The van der Waals surface area contributed by atoms with Crippen LogP contribution in [0.4, 0.5) is 10.2 Å². The van der Waals surface area contributed by atoms with Gasteiger partial charge in [0, 0.05) is 12.7 Å². The molecule has 172 valence electrons. The SMILES string of the molecule is CC1(C)C(N)=N[C@](C)(c2nc(NC(=O)c3ncc(Cl)cc3Cl)ccc2F)[C@@H]2CCNS21O. The summed E-state index contributed by atoms with van der Waals surface area (Å²) in [6.07, 6.45) is 1.87. The number of hydrogen-bond donors (Lipinski definition) is 4. The Hall–Kier alpha value is -1.98. The van der Waals surface area contributed by atoms with Crippen LogP contribution in [0.2, 0.25) is 10.0 Å². The Morgan fingerprint density at radius 2 is 2.09 bits per heavy atom. The first-order valence-electron chi connectivity index (χ1n) is 9.84. The summed E-state index contributed by atoms with van der Waals surface area (Å²) in [5.41, 5.74) is 4.97. The van der Waals surface area contributed by atoms with Gasteiger partial charge in [0.05, 0.1) is 20.0 Å². The number of pyridine rings is 2. The fraction of sp³-hybridized carbons (Fsp3) is 0.400. The zero-order valence-electron chi connectivity index (χ0n) is 17.6. The zero-order chi connectivity index (χ0) is 23.5. The number of amidine groups is 1. The van der Waals surface area contributed by atoms with Crippen molar-refractivity contribution in [3.05, 3.63) is 51.6 Å². The smallest absolute Gasteiger partial charge is 0.276 e. The topological polar surface area (TPSA) is 126 Å². The van der Waals surface area contributed by atoms with Gasteiger partial charge in [-0.25, -0.2) is 14.4 Å². The molecular formula is C20H23Cl2FN6O2S. The molecule has 2 aromatic rings. The molecule has 4 heterocycles. The number of carbonyl (C=O) groups is 1. The highest BCUT2D eigenvalue weighted by Gasteiger charge is 2.61.